The van der Waals surface area contributed by atoms with Crippen molar-refractivity contribution in [1.29, 1.82) is 0 Å². The number of hydrogen-bond acceptors (Lipinski definition) is 3. The fraction of sp³-hybridized carbons (Fsp3) is 0.0417. The summed E-state index contributed by atoms with van der Waals surface area (Å²) in [6.45, 7) is 0. The van der Waals surface area contributed by atoms with Gasteiger partial charge in [-0.2, -0.15) is 5.10 Å². The molecular formula is C24H19ClN6O. The maximum Gasteiger partial charge on any atom is 0.323 e. The molecule has 8 heteroatoms. The summed E-state index contributed by atoms with van der Waals surface area (Å²) in [7, 11) is 1.90. The molecule has 158 valence electrons. The van der Waals surface area contributed by atoms with Gasteiger partial charge < -0.3 is 15.0 Å². The first-order valence-corrected chi connectivity index (χ1v) is 10.3. The summed E-state index contributed by atoms with van der Waals surface area (Å²) in [6.07, 6.45) is 9.60. The molecule has 0 aliphatic heterocycles. The highest BCUT2D eigenvalue weighted by atomic mass is 35.5. The number of benzene rings is 2. The van der Waals surface area contributed by atoms with Crippen LogP contribution in [-0.4, -0.2) is 25.2 Å². The van der Waals surface area contributed by atoms with Crippen molar-refractivity contribution in [2.45, 2.75) is 0 Å². The lowest BCUT2D eigenvalue weighted by atomic mass is 10.1. The van der Waals surface area contributed by atoms with Crippen LogP contribution in [0.1, 0.15) is 0 Å². The number of nitrogens with one attached hydrogen (secondary N) is 2. The van der Waals surface area contributed by atoms with E-state index in [4.69, 9.17) is 11.6 Å². The largest absolute Gasteiger partial charge is 0.323 e. The van der Waals surface area contributed by atoms with Gasteiger partial charge >= 0.3 is 6.03 Å². The van der Waals surface area contributed by atoms with Crippen LogP contribution in [0, 0.1) is 0 Å². The Hall–Kier alpha value is -4.10. The molecule has 3 aromatic heterocycles. The fourth-order valence-corrected chi connectivity index (χ4v) is 3.65. The SMILES string of the molecule is Cn1cc(-c2cc3c(-c4ccc(NC(=O)Nc5ccc(Cl)cc5)cc4)nccn3c2)cn1. The standard InChI is InChI=1S/C24H19ClN6O/c1-30-14-18(13-27-30)17-12-22-23(26-10-11-31(22)15-17)16-2-6-20(7-3-16)28-24(32)29-21-8-4-19(25)5-9-21/h2-15H,1H3,(H2,28,29,32). The minimum Gasteiger partial charge on any atom is -0.320 e. The van der Waals surface area contributed by atoms with Gasteiger partial charge in [0.05, 0.1) is 17.4 Å². The quantitative estimate of drug-likeness (QED) is 0.375. The Labute approximate surface area is 189 Å². The summed E-state index contributed by atoms with van der Waals surface area (Å²) >= 11 is 5.87. The molecule has 0 aliphatic rings. The van der Waals surface area contributed by atoms with Crippen LogP contribution in [0.5, 0.6) is 0 Å². The van der Waals surface area contributed by atoms with Gasteiger partial charge in [0.1, 0.15) is 0 Å². The van der Waals surface area contributed by atoms with Crippen molar-refractivity contribution in [2.75, 3.05) is 10.6 Å². The van der Waals surface area contributed by atoms with Crippen LogP contribution in [0.3, 0.4) is 0 Å². The predicted octanol–water partition coefficient (Wildman–Crippen LogP) is 5.70. The highest BCUT2D eigenvalue weighted by molar-refractivity contribution is 6.30. The number of anilines is 2. The van der Waals surface area contributed by atoms with Crippen LogP contribution in [-0.2, 0) is 7.05 Å². The molecule has 2 amide bonds. The van der Waals surface area contributed by atoms with Gasteiger partial charge in [-0.15, -0.1) is 0 Å². The van der Waals surface area contributed by atoms with Crippen LogP contribution >= 0.6 is 11.6 Å². The molecular weight excluding hydrogens is 424 g/mol. The number of hydrogen-bond donors (Lipinski definition) is 2. The number of urea groups is 1. The normalized spacial score (nSPS) is 10.9. The number of halogens is 1. The molecule has 0 atom stereocenters. The monoisotopic (exact) mass is 442 g/mol. The molecule has 2 aromatic carbocycles. The Morgan fingerprint density at radius 2 is 1.59 bits per heavy atom. The van der Waals surface area contributed by atoms with Crippen LogP contribution in [0.2, 0.25) is 5.02 Å². The van der Waals surface area contributed by atoms with Crippen LogP contribution in [0.4, 0.5) is 16.2 Å². The molecule has 0 fully saturated rings. The maximum atomic E-state index is 12.3. The van der Waals surface area contributed by atoms with E-state index < -0.39 is 0 Å². The maximum absolute atomic E-state index is 12.3. The molecule has 0 saturated carbocycles. The molecule has 0 saturated heterocycles. The van der Waals surface area contributed by atoms with Crippen LogP contribution < -0.4 is 10.6 Å². The predicted molar refractivity (Wildman–Crippen MR) is 127 cm³/mol. The molecule has 0 spiro atoms. The summed E-state index contributed by atoms with van der Waals surface area (Å²) in [4.78, 5) is 16.8. The van der Waals surface area contributed by atoms with Crippen molar-refractivity contribution < 1.29 is 4.79 Å². The molecule has 7 nitrogen and oxygen atoms in total. The van der Waals surface area contributed by atoms with E-state index in [0.29, 0.717) is 16.4 Å². The number of rotatable bonds is 4. The smallest absolute Gasteiger partial charge is 0.320 e. The summed E-state index contributed by atoms with van der Waals surface area (Å²) in [5, 5.41) is 10.5. The zero-order chi connectivity index (χ0) is 22.1. The van der Waals surface area contributed by atoms with Crippen molar-refractivity contribution in [1.82, 2.24) is 19.2 Å². The van der Waals surface area contributed by atoms with Crippen molar-refractivity contribution in [3.8, 4) is 22.4 Å². The van der Waals surface area contributed by atoms with Crippen molar-refractivity contribution >= 4 is 34.5 Å². The molecule has 0 unspecified atom stereocenters. The second-order valence-electron chi connectivity index (χ2n) is 7.36. The molecule has 32 heavy (non-hydrogen) atoms. The molecule has 5 rings (SSSR count). The summed E-state index contributed by atoms with van der Waals surface area (Å²) in [5.74, 6) is 0. The van der Waals surface area contributed by atoms with Gasteiger partial charge in [0.2, 0.25) is 0 Å². The van der Waals surface area contributed by atoms with Gasteiger partial charge in [-0.3, -0.25) is 9.67 Å². The Bertz CT molecular complexity index is 1400. The average Bonchev–Trinajstić information content (AvgIpc) is 3.42. The first kappa shape index (κ1) is 19.8. The van der Waals surface area contributed by atoms with Gasteiger partial charge in [-0.05, 0) is 42.5 Å². The van der Waals surface area contributed by atoms with Gasteiger partial charge in [-0.1, -0.05) is 23.7 Å². The number of carbonyl (C=O) groups excluding carboxylic acids is 1. The van der Waals surface area contributed by atoms with E-state index in [2.05, 4.69) is 37.4 Å². The van der Waals surface area contributed by atoms with E-state index in [0.717, 1.165) is 27.9 Å². The third kappa shape index (κ3) is 4.06. The summed E-state index contributed by atoms with van der Waals surface area (Å²) in [6, 6.07) is 16.3. The fourth-order valence-electron chi connectivity index (χ4n) is 3.53. The minimum atomic E-state index is -0.326. The van der Waals surface area contributed by atoms with E-state index in [-0.39, 0.29) is 6.03 Å². The van der Waals surface area contributed by atoms with E-state index in [9.17, 15) is 4.79 Å². The Morgan fingerprint density at radius 3 is 2.25 bits per heavy atom. The number of amides is 2. The minimum absolute atomic E-state index is 0.326. The topological polar surface area (TPSA) is 76.2 Å². The van der Waals surface area contributed by atoms with E-state index in [1.54, 1.807) is 35.1 Å². The van der Waals surface area contributed by atoms with E-state index in [1.807, 2.05) is 49.9 Å². The number of aromatic nitrogens is 4. The summed E-state index contributed by atoms with van der Waals surface area (Å²) < 4.78 is 3.84. The lowest BCUT2D eigenvalue weighted by molar-refractivity contribution is 0.262. The third-order valence-corrected chi connectivity index (χ3v) is 5.33. The second kappa shape index (κ2) is 8.20. The van der Waals surface area contributed by atoms with Crippen molar-refractivity contribution in [2.24, 2.45) is 7.05 Å². The third-order valence-electron chi connectivity index (χ3n) is 5.08. The number of aryl methyl sites for hydroxylation is 1. The Kier molecular flexibility index (Phi) is 5.09. The van der Waals surface area contributed by atoms with E-state index in [1.165, 1.54) is 0 Å². The average molecular weight is 443 g/mol. The second-order valence-corrected chi connectivity index (χ2v) is 7.80. The first-order valence-electron chi connectivity index (χ1n) is 9.95. The van der Waals surface area contributed by atoms with Crippen LogP contribution in [0.25, 0.3) is 27.9 Å². The highest BCUT2D eigenvalue weighted by Gasteiger charge is 2.11. The van der Waals surface area contributed by atoms with Crippen LogP contribution in [0.15, 0.2) is 85.6 Å². The van der Waals surface area contributed by atoms with Crippen molar-refractivity contribution in [3.05, 3.63) is 90.6 Å². The molecule has 2 N–H and O–H groups in total. The molecule has 5 aromatic rings. The molecule has 0 radical (unpaired) electrons. The Morgan fingerprint density at radius 1 is 0.906 bits per heavy atom. The number of carbonyl (C=O) groups is 1. The summed E-state index contributed by atoms with van der Waals surface area (Å²) in [5.41, 5.74) is 6.27. The number of fused-ring (bicyclic) bond motifs is 1. The molecule has 0 bridgehead atoms. The number of nitrogens with zero attached hydrogens (tertiary/aromatic N) is 4. The Balaban J connectivity index is 1.36. The van der Waals surface area contributed by atoms with Gasteiger partial charge in [0, 0.05) is 64.9 Å². The zero-order valence-corrected chi connectivity index (χ0v) is 17.9. The van der Waals surface area contributed by atoms with Gasteiger partial charge in [0.15, 0.2) is 0 Å². The van der Waals surface area contributed by atoms with Gasteiger partial charge in [0.25, 0.3) is 0 Å². The van der Waals surface area contributed by atoms with E-state index >= 15 is 0 Å². The zero-order valence-electron chi connectivity index (χ0n) is 17.2. The van der Waals surface area contributed by atoms with Gasteiger partial charge in [-0.25, -0.2) is 4.79 Å². The van der Waals surface area contributed by atoms with Crippen molar-refractivity contribution in [3.63, 3.8) is 0 Å². The lowest BCUT2D eigenvalue weighted by Crippen LogP contribution is -2.19. The lowest BCUT2D eigenvalue weighted by Gasteiger charge is -2.09. The molecule has 3 heterocycles. The highest BCUT2D eigenvalue weighted by Crippen LogP contribution is 2.29. The molecule has 0 aliphatic carbocycles. The first-order chi connectivity index (χ1) is 15.5.